The standard InChI is InChI=1S/C28H21N7O4.C20H17N5O4.C8H8N2O/c1-38-23-8-9-24(33-28(23)39-2)32-22-14-21(34-35-11-10-29-25(22)35)16-4-3-5-17(12-16)26(36)31-19-6-7-20-18(13-19)15-30-27(20)37;1-28-16-6-7-17(23-19(16)29-2)22-15-11-14(24-25-9-8-21-18(15)25)12-4-3-5-13(10-12)20(26)27;9-6-1-2-7-5(3-6)4-10-8(7)11/h3-15H,1-2H3,(H,31,36)(H,32,33);3-11H,1-2H3,(H,22,23)(H,26,27);1-3H,4,9H2,(H,10,11). The van der Waals surface area contributed by atoms with Crippen LogP contribution in [-0.2, 0) is 6.54 Å². The SMILES string of the molecule is COc1ccc(Nc2cc(-c3cccc(C(=O)Nc4ccc5c(c4)C=NC5=O)c3)nn3ccnc23)nc1OC.COc1ccc(Nc2cc(-c3cccc(C(=O)O)c3)nn3ccnc23)nc1OC.Nc1ccc2c(c1)CNC2=O. The summed E-state index contributed by atoms with van der Waals surface area (Å²) in [6.07, 6.45) is 8.23. The Labute approximate surface area is 448 Å². The van der Waals surface area contributed by atoms with E-state index in [4.69, 9.17) is 24.7 Å². The van der Waals surface area contributed by atoms with Crippen LogP contribution in [0.15, 0.2) is 151 Å². The average Bonchev–Trinajstić information content (AvgIpc) is 4.37. The molecular formula is C56H46N14O9. The van der Waals surface area contributed by atoms with E-state index in [0.29, 0.717) is 109 Å². The van der Waals surface area contributed by atoms with Gasteiger partial charge in [-0.2, -0.15) is 20.2 Å². The van der Waals surface area contributed by atoms with Gasteiger partial charge in [-0.15, -0.1) is 0 Å². The molecule has 0 radical (unpaired) electrons. The van der Waals surface area contributed by atoms with Crippen molar-refractivity contribution in [2.45, 2.75) is 6.54 Å². The number of rotatable bonds is 13. The molecule has 23 nitrogen and oxygen atoms in total. The predicted octanol–water partition coefficient (Wildman–Crippen LogP) is 8.14. The highest BCUT2D eigenvalue weighted by molar-refractivity contribution is 6.14. The Morgan fingerprint density at radius 3 is 1.78 bits per heavy atom. The van der Waals surface area contributed by atoms with Gasteiger partial charge in [0.2, 0.25) is 0 Å². The van der Waals surface area contributed by atoms with Crippen LogP contribution in [0.25, 0.3) is 33.8 Å². The minimum atomic E-state index is -0.997. The molecule has 79 heavy (non-hydrogen) atoms. The molecule has 7 N–H and O–H groups in total. The van der Waals surface area contributed by atoms with Gasteiger partial charge in [-0.05, 0) is 103 Å². The summed E-state index contributed by atoms with van der Waals surface area (Å²) in [5.74, 6) is 1.21. The normalized spacial score (nSPS) is 11.8. The summed E-state index contributed by atoms with van der Waals surface area (Å²) in [4.78, 5) is 68.5. The number of nitrogens with two attached hydrogens (primary N) is 1. The van der Waals surface area contributed by atoms with Gasteiger partial charge in [0.05, 0.1) is 62.3 Å². The number of nitrogens with zero attached hydrogens (tertiary/aromatic N) is 9. The summed E-state index contributed by atoms with van der Waals surface area (Å²) in [5.41, 5.74) is 15.5. The molecule has 0 saturated heterocycles. The first-order valence-corrected chi connectivity index (χ1v) is 23.9. The number of pyridine rings is 2. The molecule has 6 aromatic heterocycles. The van der Waals surface area contributed by atoms with Crippen LogP contribution in [0.1, 0.15) is 52.6 Å². The third-order valence-corrected chi connectivity index (χ3v) is 12.2. The quantitative estimate of drug-likeness (QED) is 0.0594. The van der Waals surface area contributed by atoms with Gasteiger partial charge in [0.25, 0.3) is 29.5 Å². The van der Waals surface area contributed by atoms with Crippen molar-refractivity contribution in [3.8, 4) is 45.8 Å². The van der Waals surface area contributed by atoms with E-state index < -0.39 is 5.97 Å². The van der Waals surface area contributed by atoms with E-state index in [2.05, 4.69) is 56.4 Å². The fourth-order valence-electron chi connectivity index (χ4n) is 8.40. The van der Waals surface area contributed by atoms with E-state index >= 15 is 0 Å². The van der Waals surface area contributed by atoms with Gasteiger partial charge in [-0.1, -0.05) is 24.3 Å². The number of hydrogen-bond donors (Lipinski definition) is 6. The van der Waals surface area contributed by atoms with Crippen LogP contribution in [0.2, 0.25) is 0 Å². The number of hydrogen-bond acceptors (Lipinski definition) is 17. The second kappa shape index (κ2) is 22.3. The molecule has 0 bridgehead atoms. The number of aliphatic imine (C=N–C) groups is 1. The highest BCUT2D eigenvalue weighted by Crippen LogP contribution is 2.33. The molecule has 0 saturated carbocycles. The Morgan fingerprint density at radius 2 is 1.22 bits per heavy atom. The summed E-state index contributed by atoms with van der Waals surface area (Å²) in [5, 5.41) is 30.6. The molecule has 0 fully saturated rings. The van der Waals surface area contributed by atoms with Crippen molar-refractivity contribution < 1.29 is 43.2 Å². The predicted molar refractivity (Wildman–Crippen MR) is 293 cm³/mol. The van der Waals surface area contributed by atoms with Crippen molar-refractivity contribution >= 4 is 75.6 Å². The van der Waals surface area contributed by atoms with Crippen LogP contribution < -0.4 is 45.9 Å². The number of carboxylic acids is 1. The number of anilines is 6. The molecule has 3 amide bonds. The Hall–Kier alpha value is -11.2. The smallest absolute Gasteiger partial charge is 0.335 e. The highest BCUT2D eigenvalue weighted by atomic mass is 16.5. The third kappa shape index (κ3) is 11.1. The summed E-state index contributed by atoms with van der Waals surface area (Å²) in [7, 11) is 6.13. The van der Waals surface area contributed by atoms with Gasteiger partial charge in [0.1, 0.15) is 11.6 Å². The zero-order valence-electron chi connectivity index (χ0n) is 42.5. The maximum absolute atomic E-state index is 13.1. The molecule has 8 heterocycles. The fraction of sp³-hybridized carbons (Fsp3) is 0.0893. The van der Waals surface area contributed by atoms with Crippen molar-refractivity contribution in [3.63, 3.8) is 0 Å². The van der Waals surface area contributed by atoms with Gasteiger partial charge < -0.3 is 51.1 Å². The Morgan fingerprint density at radius 1 is 0.646 bits per heavy atom. The van der Waals surface area contributed by atoms with Crippen molar-refractivity contribution in [2.24, 2.45) is 4.99 Å². The van der Waals surface area contributed by atoms with Crippen LogP contribution in [0.5, 0.6) is 23.3 Å². The number of carbonyl (C=O) groups is 4. The number of nitrogen functional groups attached to an aromatic ring is 1. The van der Waals surface area contributed by atoms with Crippen LogP contribution in [0.3, 0.4) is 0 Å². The van der Waals surface area contributed by atoms with Crippen LogP contribution >= 0.6 is 0 Å². The number of imidazole rings is 2. The van der Waals surface area contributed by atoms with Crippen LogP contribution in [0, 0.1) is 0 Å². The molecule has 23 heteroatoms. The van der Waals surface area contributed by atoms with E-state index in [9.17, 15) is 24.3 Å². The molecule has 394 valence electrons. The lowest BCUT2D eigenvalue weighted by Gasteiger charge is -2.12. The largest absolute Gasteiger partial charge is 0.491 e. The number of ether oxygens (including phenoxy) is 4. The van der Waals surface area contributed by atoms with Gasteiger partial charge in [-0.25, -0.2) is 28.8 Å². The van der Waals surface area contributed by atoms with Gasteiger partial charge in [-0.3, -0.25) is 14.4 Å². The summed E-state index contributed by atoms with van der Waals surface area (Å²) in [6.45, 7) is 0.610. The molecule has 4 aromatic carbocycles. The lowest BCUT2D eigenvalue weighted by atomic mass is 10.1. The molecule has 0 atom stereocenters. The van der Waals surface area contributed by atoms with Crippen molar-refractivity contribution in [1.82, 2.24) is 44.5 Å². The zero-order chi connectivity index (χ0) is 55.2. The van der Waals surface area contributed by atoms with Crippen LogP contribution in [0.4, 0.5) is 34.4 Å². The van der Waals surface area contributed by atoms with Crippen molar-refractivity contribution in [1.29, 1.82) is 0 Å². The minimum Gasteiger partial charge on any atom is -0.491 e. The molecule has 10 aromatic rings. The number of carbonyl (C=O) groups excluding carboxylic acids is 3. The second-order valence-corrected chi connectivity index (χ2v) is 17.2. The first kappa shape index (κ1) is 51.3. The third-order valence-electron chi connectivity index (χ3n) is 12.2. The second-order valence-electron chi connectivity index (χ2n) is 17.2. The molecule has 0 aliphatic carbocycles. The molecule has 2 aliphatic rings. The number of amides is 3. The number of carboxylic acid groups (broad SMARTS) is 1. The van der Waals surface area contributed by atoms with E-state index in [1.807, 2.05) is 18.2 Å². The number of methoxy groups -OCH3 is 4. The number of benzene rings is 4. The zero-order valence-corrected chi connectivity index (χ0v) is 42.5. The minimum absolute atomic E-state index is 0.000000000000000222. The lowest BCUT2D eigenvalue weighted by molar-refractivity contribution is 0.0696. The number of aromatic nitrogens is 8. The van der Waals surface area contributed by atoms with Gasteiger partial charge in [0.15, 0.2) is 22.8 Å². The van der Waals surface area contributed by atoms with E-state index in [0.717, 1.165) is 16.7 Å². The maximum atomic E-state index is 13.1. The first-order valence-electron chi connectivity index (χ1n) is 23.9. The Kier molecular flexibility index (Phi) is 14.5. The number of fused-ring (bicyclic) bond motifs is 4. The van der Waals surface area contributed by atoms with Crippen molar-refractivity contribution in [2.75, 3.05) is 50.1 Å². The summed E-state index contributed by atoms with van der Waals surface area (Å²) < 4.78 is 24.3. The highest BCUT2D eigenvalue weighted by Gasteiger charge is 2.20. The topological polar surface area (TPSA) is 298 Å². The van der Waals surface area contributed by atoms with Crippen LogP contribution in [-0.4, -0.2) is 103 Å². The monoisotopic (exact) mass is 1060 g/mol. The molecule has 0 unspecified atom stereocenters. The van der Waals surface area contributed by atoms with E-state index in [-0.39, 0.29) is 23.3 Å². The Bertz CT molecular complexity index is 4050. The molecule has 0 spiro atoms. The van der Waals surface area contributed by atoms with E-state index in [1.54, 1.807) is 145 Å². The first-order chi connectivity index (χ1) is 38.4. The van der Waals surface area contributed by atoms with E-state index in [1.165, 1.54) is 26.5 Å². The molecule has 12 rings (SSSR count). The molecule has 2 aliphatic heterocycles. The van der Waals surface area contributed by atoms with Gasteiger partial charge >= 0.3 is 5.97 Å². The Balaban J connectivity index is 0.000000153. The molecular weight excluding hydrogens is 1010 g/mol. The summed E-state index contributed by atoms with van der Waals surface area (Å²) >= 11 is 0. The van der Waals surface area contributed by atoms with Gasteiger partial charge in [0, 0.05) is 76.7 Å². The average molecular weight is 1060 g/mol. The summed E-state index contributed by atoms with van der Waals surface area (Å²) in [6, 6.07) is 34.8. The lowest BCUT2D eigenvalue weighted by Crippen LogP contribution is -2.12. The number of nitrogens with one attached hydrogen (secondary N) is 4. The number of aromatic carboxylic acids is 1. The maximum Gasteiger partial charge on any atom is 0.335 e. The van der Waals surface area contributed by atoms with Crippen molar-refractivity contribution in [3.05, 3.63) is 179 Å². The fourth-order valence-corrected chi connectivity index (χ4v) is 8.40.